The molecule has 0 N–H and O–H groups in total. The second-order valence-corrected chi connectivity index (χ2v) is 6.08. The van der Waals surface area contributed by atoms with Crippen LogP contribution in [0.4, 0.5) is 17.6 Å². The van der Waals surface area contributed by atoms with Crippen molar-refractivity contribution in [3.8, 4) is 6.07 Å². The number of hydrogen-bond donors (Lipinski definition) is 0. The van der Waals surface area contributed by atoms with E-state index in [0.717, 1.165) is 11.8 Å². The second-order valence-electron chi connectivity index (χ2n) is 5.12. The molecule has 0 aliphatic rings. The van der Waals surface area contributed by atoms with Crippen LogP contribution in [0.15, 0.2) is 29.3 Å². The minimum Gasteiger partial charge on any atom is -0.245 e. The number of hydrogen-bond acceptors (Lipinski definition) is 3. The summed E-state index contributed by atoms with van der Waals surface area (Å²) in [6.45, 7) is 3.04. The molecule has 0 bridgehead atoms. The Labute approximate surface area is 141 Å². The summed E-state index contributed by atoms with van der Waals surface area (Å²) < 4.78 is 53.3. The van der Waals surface area contributed by atoms with E-state index in [-0.39, 0.29) is 16.3 Å². The summed E-state index contributed by atoms with van der Waals surface area (Å²) in [5.41, 5.74) is -0.505. The van der Waals surface area contributed by atoms with Crippen LogP contribution in [0.1, 0.15) is 34.9 Å². The summed E-state index contributed by atoms with van der Waals surface area (Å²) in [5.74, 6) is -0.195. The zero-order valence-electron chi connectivity index (χ0n) is 13.0. The first-order valence-corrected chi connectivity index (χ1v) is 8.14. The number of nitrogens with zero attached hydrogens (tertiary/aromatic N) is 2. The third-order valence-corrected chi connectivity index (χ3v) is 4.55. The summed E-state index contributed by atoms with van der Waals surface area (Å²) in [6.07, 6.45) is -4.30. The van der Waals surface area contributed by atoms with Crippen molar-refractivity contribution in [3.63, 3.8) is 0 Å². The van der Waals surface area contributed by atoms with Gasteiger partial charge in [-0.1, -0.05) is 19.1 Å². The molecule has 2 rings (SSSR count). The molecule has 0 saturated heterocycles. The Bertz CT molecular complexity index is 794. The Morgan fingerprint density at radius 1 is 1.29 bits per heavy atom. The van der Waals surface area contributed by atoms with E-state index in [1.54, 1.807) is 19.1 Å². The van der Waals surface area contributed by atoms with Crippen LogP contribution in [0.25, 0.3) is 0 Å². The van der Waals surface area contributed by atoms with Gasteiger partial charge in [0, 0.05) is 11.4 Å². The molecule has 0 amide bonds. The first kappa shape index (κ1) is 18.3. The molecule has 2 nitrogen and oxygen atoms in total. The predicted octanol–water partition coefficient (Wildman–Crippen LogP) is 5.27. The number of benzene rings is 1. The first-order chi connectivity index (χ1) is 11.3. The van der Waals surface area contributed by atoms with E-state index in [4.69, 9.17) is 0 Å². The summed E-state index contributed by atoms with van der Waals surface area (Å²) in [5, 5.41) is 9.25. The number of nitriles is 1. The number of halogens is 4. The quantitative estimate of drug-likeness (QED) is 0.554. The van der Waals surface area contributed by atoms with Gasteiger partial charge >= 0.3 is 6.18 Å². The lowest BCUT2D eigenvalue weighted by Crippen LogP contribution is -2.14. The Morgan fingerprint density at radius 2 is 2.00 bits per heavy atom. The first-order valence-electron chi connectivity index (χ1n) is 7.16. The van der Waals surface area contributed by atoms with Gasteiger partial charge in [0.15, 0.2) is 0 Å². The molecule has 0 aliphatic heterocycles. The van der Waals surface area contributed by atoms with Gasteiger partial charge in [0.05, 0.1) is 11.1 Å². The summed E-state index contributed by atoms with van der Waals surface area (Å²) >= 11 is 1.00. The van der Waals surface area contributed by atoms with E-state index >= 15 is 0 Å². The van der Waals surface area contributed by atoms with E-state index in [1.165, 1.54) is 25.1 Å². The van der Waals surface area contributed by atoms with Crippen LogP contribution in [0, 0.1) is 24.1 Å². The van der Waals surface area contributed by atoms with Gasteiger partial charge in [-0.05, 0) is 36.6 Å². The molecule has 126 valence electrons. The molecule has 1 aromatic carbocycles. The Kier molecular flexibility index (Phi) is 5.50. The van der Waals surface area contributed by atoms with Gasteiger partial charge in [0.2, 0.25) is 0 Å². The van der Waals surface area contributed by atoms with Crippen LogP contribution in [0.2, 0.25) is 0 Å². The van der Waals surface area contributed by atoms with Gasteiger partial charge in [-0.2, -0.15) is 18.4 Å². The highest BCUT2D eigenvalue weighted by atomic mass is 32.2. The number of thioether (sulfide) groups is 1. The van der Waals surface area contributed by atoms with E-state index < -0.39 is 23.1 Å². The molecular formula is C17H14F4N2S. The van der Waals surface area contributed by atoms with Crippen molar-refractivity contribution in [2.24, 2.45) is 0 Å². The third-order valence-electron chi connectivity index (χ3n) is 3.50. The summed E-state index contributed by atoms with van der Waals surface area (Å²) in [7, 11) is 0. The van der Waals surface area contributed by atoms with Gasteiger partial charge in [0.25, 0.3) is 0 Å². The van der Waals surface area contributed by atoms with Crippen molar-refractivity contribution in [3.05, 3.63) is 58.0 Å². The maximum Gasteiger partial charge on any atom is 0.418 e. The molecule has 24 heavy (non-hydrogen) atoms. The van der Waals surface area contributed by atoms with Crippen molar-refractivity contribution >= 4 is 11.8 Å². The number of pyridine rings is 1. The Hall–Kier alpha value is -2.07. The third kappa shape index (κ3) is 3.88. The Balaban J connectivity index is 2.47. The molecule has 0 atom stereocenters. The van der Waals surface area contributed by atoms with Crippen molar-refractivity contribution in [2.75, 3.05) is 0 Å². The highest BCUT2D eigenvalue weighted by Gasteiger charge is 2.38. The van der Waals surface area contributed by atoms with Crippen LogP contribution in [-0.4, -0.2) is 4.98 Å². The predicted molar refractivity (Wildman–Crippen MR) is 84.0 cm³/mol. The Morgan fingerprint density at radius 3 is 2.54 bits per heavy atom. The SMILES string of the molecule is CCc1nc(SCc2cccc(F)c2)c(C#N)c(C(F)(F)F)c1C. The number of aromatic nitrogens is 1. The lowest BCUT2D eigenvalue weighted by molar-refractivity contribution is -0.138. The van der Waals surface area contributed by atoms with Gasteiger partial charge in [-0.3, -0.25) is 0 Å². The molecule has 1 heterocycles. The number of alkyl halides is 3. The normalized spacial score (nSPS) is 11.4. The molecule has 0 saturated carbocycles. The zero-order chi connectivity index (χ0) is 17.9. The fraction of sp³-hybridized carbons (Fsp3) is 0.294. The summed E-state index contributed by atoms with van der Waals surface area (Å²) in [6, 6.07) is 7.42. The topological polar surface area (TPSA) is 36.7 Å². The van der Waals surface area contributed by atoms with E-state index in [1.807, 2.05) is 0 Å². The van der Waals surface area contributed by atoms with Crippen LogP contribution in [0.5, 0.6) is 0 Å². The van der Waals surface area contributed by atoms with Crippen LogP contribution in [-0.2, 0) is 18.3 Å². The molecule has 0 spiro atoms. The monoisotopic (exact) mass is 354 g/mol. The van der Waals surface area contributed by atoms with Gasteiger partial charge in [0.1, 0.15) is 16.9 Å². The molecule has 0 fully saturated rings. The summed E-state index contributed by atoms with van der Waals surface area (Å²) in [4.78, 5) is 4.22. The second kappa shape index (κ2) is 7.22. The van der Waals surface area contributed by atoms with Crippen LogP contribution in [0.3, 0.4) is 0 Å². The van der Waals surface area contributed by atoms with Gasteiger partial charge < -0.3 is 0 Å². The minimum absolute atomic E-state index is 0.0170. The van der Waals surface area contributed by atoms with E-state index in [0.29, 0.717) is 17.7 Å². The zero-order valence-corrected chi connectivity index (χ0v) is 13.9. The van der Waals surface area contributed by atoms with E-state index in [9.17, 15) is 22.8 Å². The van der Waals surface area contributed by atoms with E-state index in [2.05, 4.69) is 4.98 Å². The van der Waals surface area contributed by atoms with Gasteiger partial charge in [-0.25, -0.2) is 9.37 Å². The van der Waals surface area contributed by atoms with Crippen LogP contribution < -0.4 is 0 Å². The average molecular weight is 354 g/mol. The number of rotatable bonds is 4. The molecule has 7 heteroatoms. The molecule has 2 aromatic rings. The average Bonchev–Trinajstić information content (AvgIpc) is 2.51. The molecule has 1 aromatic heterocycles. The fourth-order valence-corrected chi connectivity index (χ4v) is 3.34. The molecule has 0 unspecified atom stereocenters. The highest BCUT2D eigenvalue weighted by molar-refractivity contribution is 7.98. The van der Waals surface area contributed by atoms with Crippen molar-refractivity contribution in [2.45, 2.75) is 37.2 Å². The minimum atomic E-state index is -4.63. The molecule has 0 radical (unpaired) electrons. The maximum absolute atomic E-state index is 13.4. The largest absolute Gasteiger partial charge is 0.418 e. The van der Waals surface area contributed by atoms with Crippen molar-refractivity contribution in [1.82, 2.24) is 4.98 Å². The maximum atomic E-state index is 13.4. The highest BCUT2D eigenvalue weighted by Crippen LogP contribution is 2.39. The van der Waals surface area contributed by atoms with Crippen molar-refractivity contribution < 1.29 is 17.6 Å². The molecule has 0 aliphatic carbocycles. The molecular weight excluding hydrogens is 340 g/mol. The fourth-order valence-electron chi connectivity index (χ4n) is 2.39. The smallest absolute Gasteiger partial charge is 0.245 e. The standard InChI is InChI=1S/C17H14F4N2S/c1-3-14-10(2)15(17(19,20)21)13(8-22)16(23-14)24-9-11-5-4-6-12(18)7-11/h4-7H,3,9H2,1-2H3. The van der Waals surface area contributed by atoms with Crippen LogP contribution >= 0.6 is 11.8 Å². The van der Waals surface area contributed by atoms with Gasteiger partial charge in [-0.15, -0.1) is 11.8 Å². The number of aryl methyl sites for hydroxylation is 1. The lowest BCUT2D eigenvalue weighted by atomic mass is 10.0. The lowest BCUT2D eigenvalue weighted by Gasteiger charge is -2.17. The van der Waals surface area contributed by atoms with Crippen molar-refractivity contribution in [1.29, 1.82) is 5.26 Å².